The molecule has 2 heterocycles. The number of amides is 2. The van der Waals surface area contributed by atoms with Crippen molar-refractivity contribution in [1.82, 2.24) is 20.1 Å². The SMILES string of the molecule is CNc1nc(C(=O)N2CCN(CC(=O)NCc3cccc(C(F)(F)F)c3)CC2)cs1. The average Bonchev–Trinajstić information content (AvgIpc) is 3.21. The third-order valence-corrected chi connectivity index (χ3v) is 5.57. The lowest BCUT2D eigenvalue weighted by molar-refractivity contribution is -0.137. The van der Waals surface area contributed by atoms with Gasteiger partial charge < -0.3 is 15.5 Å². The van der Waals surface area contributed by atoms with Crippen LogP contribution in [0.5, 0.6) is 0 Å². The van der Waals surface area contributed by atoms with Gasteiger partial charge in [0, 0.05) is 45.2 Å². The number of carbonyl (C=O) groups is 2. The van der Waals surface area contributed by atoms with Gasteiger partial charge in [-0.1, -0.05) is 12.1 Å². The Kier molecular flexibility index (Phi) is 6.93. The molecule has 162 valence electrons. The predicted octanol–water partition coefficient (Wildman–Crippen LogP) is 2.28. The van der Waals surface area contributed by atoms with Crippen molar-refractivity contribution >= 4 is 28.3 Å². The number of hydrogen-bond donors (Lipinski definition) is 2. The summed E-state index contributed by atoms with van der Waals surface area (Å²) in [5.41, 5.74) is 0.0476. The van der Waals surface area contributed by atoms with Crippen LogP contribution in [0.3, 0.4) is 0 Å². The minimum atomic E-state index is -4.41. The van der Waals surface area contributed by atoms with E-state index >= 15 is 0 Å². The lowest BCUT2D eigenvalue weighted by Crippen LogP contribution is -2.51. The summed E-state index contributed by atoms with van der Waals surface area (Å²) >= 11 is 1.36. The second kappa shape index (κ2) is 9.43. The number of rotatable bonds is 6. The summed E-state index contributed by atoms with van der Waals surface area (Å²) in [6.07, 6.45) is -4.41. The van der Waals surface area contributed by atoms with Gasteiger partial charge in [0.25, 0.3) is 5.91 Å². The first-order chi connectivity index (χ1) is 14.3. The number of thiazole rings is 1. The summed E-state index contributed by atoms with van der Waals surface area (Å²) in [5.74, 6) is -0.410. The Bertz CT molecular complexity index is 894. The van der Waals surface area contributed by atoms with Crippen LogP contribution >= 0.6 is 11.3 Å². The van der Waals surface area contributed by atoms with E-state index in [9.17, 15) is 22.8 Å². The highest BCUT2D eigenvalue weighted by Crippen LogP contribution is 2.29. The van der Waals surface area contributed by atoms with Gasteiger partial charge in [-0.15, -0.1) is 11.3 Å². The molecular weight excluding hydrogens is 419 g/mol. The van der Waals surface area contributed by atoms with Crippen LogP contribution in [0, 0.1) is 0 Å². The van der Waals surface area contributed by atoms with E-state index < -0.39 is 11.7 Å². The number of piperazine rings is 1. The molecule has 0 saturated carbocycles. The van der Waals surface area contributed by atoms with E-state index in [1.54, 1.807) is 17.3 Å². The van der Waals surface area contributed by atoms with E-state index in [1.807, 2.05) is 4.90 Å². The average molecular weight is 441 g/mol. The molecule has 2 aromatic rings. The van der Waals surface area contributed by atoms with Crippen molar-refractivity contribution in [2.45, 2.75) is 12.7 Å². The lowest BCUT2D eigenvalue weighted by Gasteiger charge is -2.33. The van der Waals surface area contributed by atoms with Crippen molar-refractivity contribution in [2.24, 2.45) is 0 Å². The number of nitrogens with zero attached hydrogens (tertiary/aromatic N) is 3. The van der Waals surface area contributed by atoms with Gasteiger partial charge in [-0.2, -0.15) is 13.2 Å². The third-order valence-electron chi connectivity index (χ3n) is 4.71. The maximum Gasteiger partial charge on any atom is 0.416 e. The van der Waals surface area contributed by atoms with Gasteiger partial charge >= 0.3 is 6.18 Å². The van der Waals surface area contributed by atoms with Crippen molar-refractivity contribution in [3.05, 3.63) is 46.5 Å². The monoisotopic (exact) mass is 441 g/mol. The molecular formula is C19H22F3N5O2S. The molecule has 30 heavy (non-hydrogen) atoms. The fourth-order valence-electron chi connectivity index (χ4n) is 3.08. The predicted molar refractivity (Wildman–Crippen MR) is 107 cm³/mol. The molecule has 1 aromatic carbocycles. The molecule has 0 bridgehead atoms. The van der Waals surface area contributed by atoms with E-state index in [-0.39, 0.29) is 24.9 Å². The third kappa shape index (κ3) is 5.70. The number of hydrogen-bond acceptors (Lipinski definition) is 6. The highest BCUT2D eigenvalue weighted by molar-refractivity contribution is 7.13. The van der Waals surface area contributed by atoms with Crippen LogP contribution in [0.4, 0.5) is 18.3 Å². The number of aromatic nitrogens is 1. The van der Waals surface area contributed by atoms with Crippen LogP contribution in [0.1, 0.15) is 21.6 Å². The molecule has 1 aromatic heterocycles. The summed E-state index contributed by atoms with van der Waals surface area (Å²) in [5, 5.41) is 7.93. The summed E-state index contributed by atoms with van der Waals surface area (Å²) in [6.45, 7) is 2.18. The van der Waals surface area contributed by atoms with E-state index in [1.165, 1.54) is 23.5 Å². The molecule has 3 rings (SSSR count). The Morgan fingerprint density at radius 1 is 1.20 bits per heavy atom. The molecule has 11 heteroatoms. The molecule has 1 fully saturated rings. The zero-order chi connectivity index (χ0) is 21.7. The Morgan fingerprint density at radius 3 is 2.57 bits per heavy atom. The van der Waals surface area contributed by atoms with Crippen LogP contribution < -0.4 is 10.6 Å². The first kappa shape index (κ1) is 22.0. The summed E-state index contributed by atoms with van der Waals surface area (Å²) in [7, 11) is 1.74. The van der Waals surface area contributed by atoms with Crippen LogP contribution in [-0.4, -0.2) is 66.4 Å². The molecule has 1 aliphatic rings. The lowest BCUT2D eigenvalue weighted by atomic mass is 10.1. The Hall–Kier alpha value is -2.66. The van der Waals surface area contributed by atoms with Gasteiger partial charge in [0.2, 0.25) is 5.91 Å². The van der Waals surface area contributed by atoms with Gasteiger partial charge in [-0.3, -0.25) is 14.5 Å². The fraction of sp³-hybridized carbons (Fsp3) is 0.421. The fourth-order valence-corrected chi connectivity index (χ4v) is 3.72. The minimum Gasteiger partial charge on any atom is -0.365 e. The van der Waals surface area contributed by atoms with Crippen LogP contribution in [0.25, 0.3) is 0 Å². The summed E-state index contributed by atoms with van der Waals surface area (Å²) < 4.78 is 38.3. The molecule has 0 radical (unpaired) electrons. The van der Waals surface area contributed by atoms with E-state index in [0.717, 1.165) is 12.1 Å². The molecule has 1 saturated heterocycles. The Labute approximate surface area is 175 Å². The number of carbonyl (C=O) groups excluding carboxylic acids is 2. The number of nitrogens with one attached hydrogen (secondary N) is 2. The normalized spacial score (nSPS) is 15.1. The number of halogens is 3. The van der Waals surface area contributed by atoms with E-state index in [2.05, 4.69) is 15.6 Å². The molecule has 2 amide bonds. The van der Waals surface area contributed by atoms with Crippen LogP contribution in [-0.2, 0) is 17.5 Å². The molecule has 2 N–H and O–H groups in total. The van der Waals surface area contributed by atoms with Crippen molar-refractivity contribution in [3.63, 3.8) is 0 Å². The van der Waals surface area contributed by atoms with Gasteiger partial charge in [-0.25, -0.2) is 4.98 Å². The van der Waals surface area contributed by atoms with Gasteiger partial charge in [0.15, 0.2) is 5.13 Å². The Balaban J connectivity index is 1.43. The minimum absolute atomic E-state index is 0.0266. The standard InChI is InChI=1S/C19H22F3N5O2S/c1-23-18-25-15(12-30-18)17(29)27-7-5-26(6-8-27)11-16(28)24-10-13-3-2-4-14(9-13)19(20,21)22/h2-4,9,12H,5-8,10-11H2,1H3,(H,23,25)(H,24,28). The molecule has 0 aliphatic carbocycles. The second-order valence-corrected chi connectivity index (χ2v) is 7.69. The number of anilines is 1. The van der Waals surface area contributed by atoms with Crippen molar-refractivity contribution in [3.8, 4) is 0 Å². The molecule has 7 nitrogen and oxygen atoms in total. The first-order valence-electron chi connectivity index (χ1n) is 9.34. The maximum absolute atomic E-state index is 12.8. The topological polar surface area (TPSA) is 77.6 Å². The molecule has 0 atom stereocenters. The number of alkyl halides is 3. The van der Waals surface area contributed by atoms with E-state index in [0.29, 0.717) is 42.6 Å². The smallest absolute Gasteiger partial charge is 0.365 e. The van der Waals surface area contributed by atoms with Crippen molar-refractivity contribution in [2.75, 3.05) is 45.1 Å². The van der Waals surface area contributed by atoms with Gasteiger partial charge in [0.05, 0.1) is 12.1 Å². The number of benzene rings is 1. The molecule has 0 spiro atoms. The van der Waals surface area contributed by atoms with Crippen molar-refractivity contribution < 1.29 is 22.8 Å². The van der Waals surface area contributed by atoms with Crippen LogP contribution in [0.15, 0.2) is 29.6 Å². The highest BCUT2D eigenvalue weighted by atomic mass is 32.1. The largest absolute Gasteiger partial charge is 0.416 e. The first-order valence-corrected chi connectivity index (χ1v) is 10.2. The Morgan fingerprint density at radius 2 is 1.93 bits per heavy atom. The van der Waals surface area contributed by atoms with Crippen LogP contribution in [0.2, 0.25) is 0 Å². The zero-order valence-corrected chi connectivity index (χ0v) is 17.1. The van der Waals surface area contributed by atoms with E-state index in [4.69, 9.17) is 0 Å². The maximum atomic E-state index is 12.8. The quantitative estimate of drug-likeness (QED) is 0.719. The zero-order valence-electron chi connectivity index (χ0n) is 16.3. The molecule has 1 aliphatic heterocycles. The molecule has 0 unspecified atom stereocenters. The van der Waals surface area contributed by atoms with Gasteiger partial charge in [0.1, 0.15) is 5.69 Å². The second-order valence-electron chi connectivity index (χ2n) is 6.83. The highest BCUT2D eigenvalue weighted by Gasteiger charge is 2.30. The summed E-state index contributed by atoms with van der Waals surface area (Å²) in [4.78, 5) is 32.5. The van der Waals surface area contributed by atoms with Crippen molar-refractivity contribution in [1.29, 1.82) is 0 Å². The van der Waals surface area contributed by atoms with Gasteiger partial charge in [-0.05, 0) is 17.7 Å². The summed E-state index contributed by atoms with van der Waals surface area (Å²) in [6, 6.07) is 4.89.